The fourth-order valence-corrected chi connectivity index (χ4v) is 1.90. The van der Waals surface area contributed by atoms with E-state index in [4.69, 9.17) is 27.9 Å². The summed E-state index contributed by atoms with van der Waals surface area (Å²) in [6, 6.07) is 5.43. The van der Waals surface area contributed by atoms with Crippen molar-refractivity contribution < 1.29 is 4.74 Å². The van der Waals surface area contributed by atoms with Gasteiger partial charge in [0, 0.05) is 29.4 Å². The van der Waals surface area contributed by atoms with Gasteiger partial charge in [0.15, 0.2) is 0 Å². The Labute approximate surface area is 110 Å². The highest BCUT2D eigenvalue weighted by Gasteiger charge is 2.05. The van der Waals surface area contributed by atoms with Crippen LogP contribution in [-0.2, 0) is 19.5 Å². The third-order valence-electron chi connectivity index (χ3n) is 2.32. The number of hydrogen-bond donors (Lipinski definition) is 0. The normalized spacial score (nSPS) is 10.5. The molecule has 0 aliphatic heterocycles. The summed E-state index contributed by atoms with van der Waals surface area (Å²) in [5, 5.41) is 4.74. The molecule has 0 saturated heterocycles. The Hall–Kier alpha value is -1.19. The Morgan fingerprint density at radius 1 is 1.41 bits per heavy atom. The quantitative estimate of drug-likeness (QED) is 0.797. The van der Waals surface area contributed by atoms with Crippen LogP contribution in [0.25, 0.3) is 0 Å². The second-order valence-corrected chi connectivity index (χ2v) is 4.40. The van der Waals surface area contributed by atoms with E-state index in [0.717, 1.165) is 16.9 Å². The van der Waals surface area contributed by atoms with Gasteiger partial charge in [-0.15, -0.1) is 11.6 Å². The van der Waals surface area contributed by atoms with E-state index >= 15 is 0 Å². The van der Waals surface area contributed by atoms with Crippen molar-refractivity contribution in [3.05, 3.63) is 46.7 Å². The van der Waals surface area contributed by atoms with Crippen molar-refractivity contribution in [3.8, 4) is 5.75 Å². The van der Waals surface area contributed by atoms with Crippen LogP contribution in [0.5, 0.6) is 5.75 Å². The maximum Gasteiger partial charge on any atom is 0.124 e. The molecule has 1 heterocycles. The van der Waals surface area contributed by atoms with E-state index in [1.165, 1.54) is 0 Å². The van der Waals surface area contributed by atoms with E-state index in [2.05, 4.69) is 5.10 Å². The lowest BCUT2D eigenvalue weighted by atomic mass is 10.2. The molecule has 0 fully saturated rings. The highest BCUT2D eigenvalue weighted by Crippen LogP contribution is 2.25. The molecule has 0 unspecified atom stereocenters. The first-order chi connectivity index (χ1) is 8.19. The predicted octanol–water partition coefficient (Wildman–Crippen LogP) is 3.39. The van der Waals surface area contributed by atoms with Crippen molar-refractivity contribution in [2.24, 2.45) is 7.05 Å². The molecular formula is C12H12Cl2N2O. The number of ether oxygens (including phenoxy) is 1. The van der Waals surface area contributed by atoms with Crippen molar-refractivity contribution in [2.45, 2.75) is 12.5 Å². The van der Waals surface area contributed by atoms with Gasteiger partial charge in [0.05, 0.1) is 12.1 Å². The minimum atomic E-state index is 0.378. The number of nitrogens with zero attached hydrogens (tertiary/aromatic N) is 2. The van der Waals surface area contributed by atoms with E-state index in [1.54, 1.807) is 16.9 Å². The number of rotatable bonds is 4. The SMILES string of the molecule is Cn1cc(COc2ccc(Cl)cc2CCl)cn1. The number of halogens is 2. The summed E-state index contributed by atoms with van der Waals surface area (Å²) in [5.41, 5.74) is 1.91. The highest BCUT2D eigenvalue weighted by molar-refractivity contribution is 6.30. The molecular weight excluding hydrogens is 259 g/mol. The maximum atomic E-state index is 5.89. The number of alkyl halides is 1. The zero-order valence-electron chi connectivity index (χ0n) is 9.36. The van der Waals surface area contributed by atoms with Gasteiger partial charge < -0.3 is 4.74 Å². The first-order valence-electron chi connectivity index (χ1n) is 5.14. The molecule has 0 bridgehead atoms. The van der Waals surface area contributed by atoms with Crippen LogP contribution in [0.3, 0.4) is 0 Å². The van der Waals surface area contributed by atoms with Crippen LogP contribution in [0.15, 0.2) is 30.6 Å². The standard InChI is InChI=1S/C12H12Cl2N2O/c1-16-7-9(6-15-16)8-17-12-3-2-11(14)4-10(12)5-13/h2-4,6-7H,5,8H2,1H3. The lowest BCUT2D eigenvalue weighted by Crippen LogP contribution is -1.97. The molecule has 0 aliphatic rings. The van der Waals surface area contributed by atoms with Gasteiger partial charge in [-0.05, 0) is 18.2 Å². The Morgan fingerprint density at radius 3 is 2.88 bits per heavy atom. The van der Waals surface area contributed by atoms with Crippen LogP contribution in [-0.4, -0.2) is 9.78 Å². The summed E-state index contributed by atoms with van der Waals surface area (Å²) in [4.78, 5) is 0. The van der Waals surface area contributed by atoms with E-state index in [9.17, 15) is 0 Å². The average molecular weight is 271 g/mol. The summed E-state index contributed by atoms with van der Waals surface area (Å²) in [5.74, 6) is 1.14. The highest BCUT2D eigenvalue weighted by atomic mass is 35.5. The molecule has 3 nitrogen and oxygen atoms in total. The first kappa shape index (κ1) is 12.3. The van der Waals surface area contributed by atoms with Crippen LogP contribution >= 0.6 is 23.2 Å². The first-order valence-corrected chi connectivity index (χ1v) is 6.05. The van der Waals surface area contributed by atoms with Crippen LogP contribution in [0.4, 0.5) is 0 Å². The fourth-order valence-electron chi connectivity index (χ4n) is 1.50. The van der Waals surface area contributed by atoms with Crippen LogP contribution < -0.4 is 4.74 Å². The van der Waals surface area contributed by atoms with E-state index in [-0.39, 0.29) is 0 Å². The smallest absolute Gasteiger partial charge is 0.124 e. The third-order valence-corrected chi connectivity index (χ3v) is 2.84. The van der Waals surface area contributed by atoms with Crippen molar-refractivity contribution in [2.75, 3.05) is 0 Å². The van der Waals surface area contributed by atoms with Gasteiger partial charge in [-0.2, -0.15) is 5.10 Å². The summed E-state index contributed by atoms with van der Waals surface area (Å²) in [6.07, 6.45) is 3.69. The number of aromatic nitrogens is 2. The van der Waals surface area contributed by atoms with Crippen molar-refractivity contribution in [3.63, 3.8) is 0 Å². The van der Waals surface area contributed by atoms with Gasteiger partial charge in [-0.25, -0.2) is 0 Å². The van der Waals surface area contributed by atoms with Crippen molar-refractivity contribution in [1.82, 2.24) is 9.78 Å². The summed E-state index contributed by atoms with van der Waals surface area (Å²) < 4.78 is 7.43. The van der Waals surface area contributed by atoms with Crippen LogP contribution in [0.1, 0.15) is 11.1 Å². The number of benzene rings is 1. The van der Waals surface area contributed by atoms with E-state index in [0.29, 0.717) is 17.5 Å². The second kappa shape index (κ2) is 5.43. The molecule has 17 heavy (non-hydrogen) atoms. The molecule has 0 amide bonds. The summed E-state index contributed by atoms with van der Waals surface area (Å²) in [6.45, 7) is 0.472. The maximum absolute atomic E-state index is 5.89. The third kappa shape index (κ3) is 3.14. The molecule has 2 rings (SSSR count). The topological polar surface area (TPSA) is 27.1 Å². The van der Waals surface area contributed by atoms with Crippen LogP contribution in [0, 0.1) is 0 Å². The lowest BCUT2D eigenvalue weighted by Gasteiger charge is -2.09. The molecule has 0 aliphatic carbocycles. The predicted molar refractivity (Wildman–Crippen MR) is 68.5 cm³/mol. The van der Waals surface area contributed by atoms with Gasteiger partial charge in [-0.3, -0.25) is 4.68 Å². The molecule has 0 N–H and O–H groups in total. The zero-order chi connectivity index (χ0) is 12.3. The van der Waals surface area contributed by atoms with Crippen molar-refractivity contribution in [1.29, 1.82) is 0 Å². The Morgan fingerprint density at radius 2 is 2.24 bits per heavy atom. The molecule has 90 valence electrons. The van der Waals surface area contributed by atoms with Gasteiger partial charge in [-0.1, -0.05) is 11.6 Å². The molecule has 1 aromatic carbocycles. The van der Waals surface area contributed by atoms with Crippen LogP contribution in [0.2, 0.25) is 5.02 Å². The Kier molecular flexibility index (Phi) is 3.92. The molecule has 1 aromatic heterocycles. The van der Waals surface area contributed by atoms with Gasteiger partial charge >= 0.3 is 0 Å². The number of hydrogen-bond acceptors (Lipinski definition) is 2. The van der Waals surface area contributed by atoms with Gasteiger partial charge in [0.25, 0.3) is 0 Å². The van der Waals surface area contributed by atoms with Gasteiger partial charge in [0.2, 0.25) is 0 Å². The lowest BCUT2D eigenvalue weighted by molar-refractivity contribution is 0.303. The van der Waals surface area contributed by atoms with Crippen molar-refractivity contribution >= 4 is 23.2 Å². The molecule has 2 aromatic rings. The molecule has 0 saturated carbocycles. The molecule has 0 spiro atoms. The molecule has 5 heteroatoms. The molecule has 0 atom stereocenters. The second-order valence-electron chi connectivity index (χ2n) is 3.70. The number of aryl methyl sites for hydroxylation is 1. The van der Waals surface area contributed by atoms with E-state index < -0.39 is 0 Å². The summed E-state index contributed by atoms with van der Waals surface area (Å²) >= 11 is 11.7. The molecule has 0 radical (unpaired) electrons. The van der Waals surface area contributed by atoms with Gasteiger partial charge in [0.1, 0.15) is 12.4 Å². The average Bonchev–Trinajstić information content (AvgIpc) is 2.73. The monoisotopic (exact) mass is 270 g/mol. The summed E-state index contributed by atoms with van der Waals surface area (Å²) in [7, 11) is 1.87. The minimum Gasteiger partial charge on any atom is -0.488 e. The largest absolute Gasteiger partial charge is 0.488 e. The van der Waals surface area contributed by atoms with E-state index in [1.807, 2.05) is 25.4 Å². The Bertz CT molecular complexity index is 511. The Balaban J connectivity index is 2.08. The fraction of sp³-hybridized carbons (Fsp3) is 0.250. The minimum absolute atomic E-state index is 0.378. The zero-order valence-corrected chi connectivity index (χ0v) is 10.9.